The number of benzene rings is 2. The van der Waals surface area contributed by atoms with Crippen molar-refractivity contribution >= 4 is 5.91 Å². The predicted octanol–water partition coefficient (Wildman–Crippen LogP) is 1.77. The third kappa shape index (κ3) is 3.89. The largest absolute Gasteiger partial charge is 0.430 e. The van der Waals surface area contributed by atoms with Gasteiger partial charge < -0.3 is 14.2 Å². The van der Waals surface area contributed by atoms with Crippen molar-refractivity contribution in [2.75, 3.05) is 26.2 Å². The highest BCUT2D eigenvalue weighted by Crippen LogP contribution is 2.19. The Morgan fingerprint density at radius 2 is 1.43 bits per heavy atom. The number of hydrogen-bond acceptors (Lipinski definition) is 3. The number of hydrogen-bond donors (Lipinski definition) is 1. The van der Waals surface area contributed by atoms with Gasteiger partial charge >= 0.3 is 5.63 Å². The Bertz CT molecular complexity index is 917. The van der Waals surface area contributed by atoms with Crippen LogP contribution in [0.15, 0.2) is 88.3 Å². The van der Waals surface area contributed by atoms with Crippen molar-refractivity contribution < 1.29 is 14.1 Å². The molecule has 1 N–H and O–H groups in total. The van der Waals surface area contributed by atoms with Crippen LogP contribution >= 0.6 is 0 Å². The fourth-order valence-corrected chi connectivity index (χ4v) is 3.90. The van der Waals surface area contributed by atoms with E-state index in [4.69, 9.17) is 4.42 Å². The van der Waals surface area contributed by atoms with Crippen LogP contribution in [-0.2, 0) is 0 Å². The molecular weight excluding hydrogens is 352 g/mol. The third-order valence-corrected chi connectivity index (χ3v) is 5.31. The van der Waals surface area contributed by atoms with Crippen LogP contribution in [0.3, 0.4) is 0 Å². The molecule has 2 aromatic carbocycles. The summed E-state index contributed by atoms with van der Waals surface area (Å²) in [6, 6.07) is 24.1. The number of rotatable bonds is 4. The summed E-state index contributed by atoms with van der Waals surface area (Å²) in [6.45, 7) is 3.06. The lowest BCUT2D eigenvalue weighted by atomic mass is 9.96. The zero-order chi connectivity index (χ0) is 19.3. The summed E-state index contributed by atoms with van der Waals surface area (Å²) in [5.74, 6) is -0.0845. The summed E-state index contributed by atoms with van der Waals surface area (Å²) in [6.07, 6.45) is 1.25. The molecule has 0 bridgehead atoms. The first-order valence-electron chi connectivity index (χ1n) is 9.55. The molecule has 0 saturated carbocycles. The Morgan fingerprint density at radius 3 is 1.93 bits per heavy atom. The van der Waals surface area contributed by atoms with Crippen LogP contribution in [0.4, 0.5) is 0 Å². The van der Waals surface area contributed by atoms with Gasteiger partial charge in [0.15, 0.2) is 0 Å². The van der Waals surface area contributed by atoms with Gasteiger partial charge in [-0.1, -0.05) is 60.7 Å². The van der Waals surface area contributed by atoms with Crippen LogP contribution in [0, 0.1) is 0 Å². The van der Waals surface area contributed by atoms with Crippen molar-refractivity contribution in [3.63, 3.8) is 0 Å². The van der Waals surface area contributed by atoms with Crippen molar-refractivity contribution in [2.24, 2.45) is 0 Å². The molecule has 5 nitrogen and oxygen atoms in total. The molecule has 0 aliphatic carbocycles. The van der Waals surface area contributed by atoms with Gasteiger partial charge in [0.25, 0.3) is 5.91 Å². The molecule has 1 saturated heterocycles. The summed E-state index contributed by atoms with van der Waals surface area (Å²) in [4.78, 5) is 27.1. The van der Waals surface area contributed by atoms with Crippen molar-refractivity contribution in [1.82, 2.24) is 4.90 Å². The van der Waals surface area contributed by atoms with Gasteiger partial charge in [-0.2, -0.15) is 0 Å². The second-order valence-electron chi connectivity index (χ2n) is 7.05. The van der Waals surface area contributed by atoms with Crippen LogP contribution in [-0.4, -0.2) is 37.0 Å². The number of carbonyl (C=O) groups excluding carboxylic acids is 1. The highest BCUT2D eigenvalue weighted by molar-refractivity contribution is 5.93. The highest BCUT2D eigenvalue weighted by Gasteiger charge is 2.31. The molecule has 1 fully saturated rings. The molecule has 28 heavy (non-hydrogen) atoms. The topological polar surface area (TPSA) is 55.0 Å². The molecule has 4 rings (SSSR count). The molecule has 2 heterocycles. The first kappa shape index (κ1) is 18.2. The van der Waals surface area contributed by atoms with Crippen LogP contribution < -0.4 is 10.5 Å². The minimum Gasteiger partial charge on any atom is -0.430 e. The zero-order valence-electron chi connectivity index (χ0n) is 15.6. The summed E-state index contributed by atoms with van der Waals surface area (Å²) < 4.78 is 4.84. The fourth-order valence-electron chi connectivity index (χ4n) is 3.90. The molecule has 0 spiro atoms. The highest BCUT2D eigenvalue weighted by atomic mass is 16.4. The lowest BCUT2D eigenvalue weighted by Gasteiger charge is -2.37. The van der Waals surface area contributed by atoms with Gasteiger partial charge in [-0.25, -0.2) is 4.79 Å². The van der Waals surface area contributed by atoms with E-state index < -0.39 is 5.63 Å². The van der Waals surface area contributed by atoms with Gasteiger partial charge in [0.1, 0.15) is 12.3 Å². The number of carbonyl (C=O) groups is 1. The van der Waals surface area contributed by atoms with E-state index in [1.54, 1.807) is 0 Å². The van der Waals surface area contributed by atoms with Gasteiger partial charge in [0, 0.05) is 17.2 Å². The number of piperazine rings is 1. The fraction of sp³-hybridized carbons (Fsp3) is 0.217. The molecule has 1 aliphatic heterocycles. The van der Waals surface area contributed by atoms with E-state index in [1.807, 2.05) is 17.0 Å². The molecule has 1 amide bonds. The van der Waals surface area contributed by atoms with E-state index in [2.05, 4.69) is 48.5 Å². The standard InChI is InChI=1S/C23H22N2O3/c26-21-12-11-20(17-28-21)23(27)25-15-13-24(14-16-25)22(18-7-3-1-4-8-18)19-9-5-2-6-10-19/h1-12,17,22H,13-16H2/p+1. The average Bonchev–Trinajstić information content (AvgIpc) is 2.76. The molecular formula is C23H23N2O3+. The molecule has 0 atom stereocenters. The Balaban J connectivity index is 1.51. The van der Waals surface area contributed by atoms with E-state index >= 15 is 0 Å². The maximum absolute atomic E-state index is 12.7. The van der Waals surface area contributed by atoms with Gasteiger partial charge in [0.2, 0.25) is 0 Å². The first-order chi connectivity index (χ1) is 13.7. The van der Waals surface area contributed by atoms with Crippen molar-refractivity contribution in [3.8, 4) is 0 Å². The Kier molecular flexibility index (Phi) is 5.35. The molecule has 3 aromatic rings. The van der Waals surface area contributed by atoms with Crippen LogP contribution in [0.25, 0.3) is 0 Å². The Morgan fingerprint density at radius 1 is 0.857 bits per heavy atom. The molecule has 1 aromatic heterocycles. The molecule has 5 heteroatoms. The number of quaternary nitrogens is 1. The quantitative estimate of drug-likeness (QED) is 0.756. The zero-order valence-corrected chi connectivity index (χ0v) is 15.6. The number of nitrogens with one attached hydrogen (secondary N) is 1. The van der Waals surface area contributed by atoms with Crippen molar-refractivity contribution in [3.05, 3.63) is 106 Å². The lowest BCUT2D eigenvalue weighted by molar-refractivity contribution is -0.929. The average molecular weight is 375 g/mol. The monoisotopic (exact) mass is 375 g/mol. The van der Waals surface area contributed by atoms with Crippen LogP contribution in [0.5, 0.6) is 0 Å². The lowest BCUT2D eigenvalue weighted by Crippen LogP contribution is -3.15. The SMILES string of the molecule is O=C(c1ccc(=O)oc1)N1CC[NH+](C(c2ccccc2)c2ccccc2)CC1. The summed E-state index contributed by atoms with van der Waals surface area (Å²) in [5.41, 5.74) is 2.55. The van der Waals surface area contributed by atoms with E-state index in [-0.39, 0.29) is 11.9 Å². The maximum atomic E-state index is 12.7. The molecule has 0 unspecified atom stereocenters. The van der Waals surface area contributed by atoms with Crippen LogP contribution in [0.2, 0.25) is 0 Å². The minimum atomic E-state index is -0.445. The van der Waals surface area contributed by atoms with Gasteiger partial charge in [-0.15, -0.1) is 0 Å². The van der Waals surface area contributed by atoms with Crippen LogP contribution in [0.1, 0.15) is 27.5 Å². The van der Waals surface area contributed by atoms with Gasteiger partial charge in [0.05, 0.1) is 31.7 Å². The number of amides is 1. The van der Waals surface area contributed by atoms with Crippen molar-refractivity contribution in [1.29, 1.82) is 0 Å². The summed E-state index contributed by atoms with van der Waals surface area (Å²) >= 11 is 0. The second-order valence-corrected chi connectivity index (χ2v) is 7.05. The molecule has 142 valence electrons. The molecule has 0 radical (unpaired) electrons. The summed E-state index contributed by atoms with van der Waals surface area (Å²) in [5, 5.41) is 0. The van der Waals surface area contributed by atoms with E-state index in [0.717, 1.165) is 13.1 Å². The van der Waals surface area contributed by atoms with E-state index in [1.165, 1.54) is 34.4 Å². The van der Waals surface area contributed by atoms with Gasteiger partial charge in [-0.05, 0) is 6.07 Å². The van der Waals surface area contributed by atoms with Crippen molar-refractivity contribution in [2.45, 2.75) is 6.04 Å². The maximum Gasteiger partial charge on any atom is 0.335 e. The van der Waals surface area contributed by atoms with Gasteiger partial charge in [-0.3, -0.25) is 4.79 Å². The normalized spacial score (nSPS) is 15.0. The number of nitrogens with zero attached hydrogens (tertiary/aromatic N) is 1. The van der Waals surface area contributed by atoms with E-state index in [0.29, 0.717) is 18.7 Å². The minimum absolute atomic E-state index is 0.0845. The Hall–Kier alpha value is -3.18. The Labute approximate surface area is 163 Å². The summed E-state index contributed by atoms with van der Waals surface area (Å²) in [7, 11) is 0. The first-order valence-corrected chi connectivity index (χ1v) is 9.55. The van der Waals surface area contributed by atoms with E-state index in [9.17, 15) is 9.59 Å². The smallest absolute Gasteiger partial charge is 0.335 e. The predicted molar refractivity (Wildman–Crippen MR) is 106 cm³/mol. The third-order valence-electron chi connectivity index (χ3n) is 5.31. The molecule has 1 aliphatic rings. The second kappa shape index (κ2) is 8.23.